The lowest BCUT2D eigenvalue weighted by atomic mass is 10.2. The largest absolute Gasteiger partial charge is 0.369 e. The Hall–Kier alpha value is -2.14. The van der Waals surface area contributed by atoms with Gasteiger partial charge in [0.1, 0.15) is 6.10 Å². The van der Waals surface area contributed by atoms with Crippen LogP contribution >= 0.6 is 0 Å². The van der Waals surface area contributed by atoms with Crippen molar-refractivity contribution in [2.45, 2.75) is 20.0 Å². The quantitative estimate of drug-likeness (QED) is 0.763. The van der Waals surface area contributed by atoms with Gasteiger partial charge in [-0.15, -0.1) is 0 Å². The number of nitrogens with one attached hydrogen (secondary N) is 1. The number of rotatable bonds is 7. The van der Waals surface area contributed by atoms with Crippen molar-refractivity contribution in [1.82, 2.24) is 23.6 Å². The van der Waals surface area contributed by atoms with Gasteiger partial charge < -0.3 is 10.1 Å². The van der Waals surface area contributed by atoms with E-state index >= 15 is 0 Å². The van der Waals surface area contributed by atoms with E-state index in [4.69, 9.17) is 4.74 Å². The van der Waals surface area contributed by atoms with E-state index in [2.05, 4.69) is 20.3 Å². The Morgan fingerprint density at radius 3 is 2.59 bits per heavy atom. The van der Waals surface area contributed by atoms with Crippen molar-refractivity contribution >= 4 is 21.8 Å². The molecule has 2 aromatic heterocycles. The lowest BCUT2D eigenvalue weighted by Crippen LogP contribution is -2.49. The summed E-state index contributed by atoms with van der Waals surface area (Å²) in [5, 5.41) is 3.06. The van der Waals surface area contributed by atoms with Crippen molar-refractivity contribution in [2.75, 3.05) is 38.1 Å². The molecule has 1 fully saturated rings. The molecule has 2 aromatic rings. The fraction of sp³-hybridized carbons (Fsp3) is 0.471. The molecule has 0 aliphatic carbocycles. The summed E-state index contributed by atoms with van der Waals surface area (Å²) in [4.78, 5) is 12.6. The molecule has 1 aliphatic heterocycles. The van der Waals surface area contributed by atoms with E-state index in [0.717, 1.165) is 5.69 Å². The Morgan fingerprint density at radius 2 is 1.96 bits per heavy atom. The molecule has 1 N–H and O–H groups in total. The maximum absolute atomic E-state index is 12.7. The van der Waals surface area contributed by atoms with Gasteiger partial charge in [0.15, 0.2) is 0 Å². The molecule has 3 rings (SSSR count). The number of hydrogen-bond donors (Lipinski definition) is 1. The summed E-state index contributed by atoms with van der Waals surface area (Å²) >= 11 is 0. The SMILES string of the molecule is CCN(CC)S(=O)(=O)N1CCO[C@H](c2ccc(Nc3ncccn3)cn2)C1. The third-order valence-corrected chi connectivity index (χ3v) is 6.48. The highest BCUT2D eigenvalue weighted by molar-refractivity contribution is 7.86. The van der Waals surface area contributed by atoms with Crippen LogP contribution in [0.4, 0.5) is 11.6 Å². The maximum atomic E-state index is 12.7. The zero-order valence-corrected chi connectivity index (χ0v) is 16.3. The summed E-state index contributed by atoms with van der Waals surface area (Å²) < 4.78 is 34.2. The van der Waals surface area contributed by atoms with Crippen LogP contribution in [0.1, 0.15) is 25.6 Å². The number of ether oxygens (including phenoxy) is 1. The van der Waals surface area contributed by atoms with E-state index in [1.807, 2.05) is 26.0 Å². The first-order valence-corrected chi connectivity index (χ1v) is 10.3. The fourth-order valence-corrected chi connectivity index (χ4v) is 4.50. The minimum Gasteiger partial charge on any atom is -0.369 e. The van der Waals surface area contributed by atoms with Gasteiger partial charge >= 0.3 is 0 Å². The predicted octanol–water partition coefficient (Wildman–Crippen LogP) is 1.58. The van der Waals surface area contributed by atoms with Crippen LogP contribution in [0.2, 0.25) is 0 Å². The predicted molar refractivity (Wildman–Crippen MR) is 102 cm³/mol. The van der Waals surface area contributed by atoms with E-state index in [-0.39, 0.29) is 6.54 Å². The van der Waals surface area contributed by atoms with Crippen LogP contribution in [0.3, 0.4) is 0 Å². The van der Waals surface area contributed by atoms with Crippen molar-refractivity contribution in [3.63, 3.8) is 0 Å². The molecule has 0 spiro atoms. The van der Waals surface area contributed by atoms with E-state index in [1.54, 1.807) is 24.7 Å². The minimum atomic E-state index is -3.48. The topological polar surface area (TPSA) is 101 Å². The van der Waals surface area contributed by atoms with Crippen LogP contribution in [0, 0.1) is 0 Å². The lowest BCUT2D eigenvalue weighted by Gasteiger charge is -2.34. The maximum Gasteiger partial charge on any atom is 0.282 e. The highest BCUT2D eigenvalue weighted by atomic mass is 32.2. The summed E-state index contributed by atoms with van der Waals surface area (Å²) in [5.41, 5.74) is 1.43. The van der Waals surface area contributed by atoms with Crippen molar-refractivity contribution in [3.8, 4) is 0 Å². The van der Waals surface area contributed by atoms with Gasteiger partial charge in [0.05, 0.1) is 24.2 Å². The van der Waals surface area contributed by atoms with E-state index in [1.165, 1.54) is 8.61 Å². The summed E-state index contributed by atoms with van der Waals surface area (Å²) in [6.07, 6.45) is 4.56. The molecule has 0 saturated carbocycles. The number of nitrogens with zero attached hydrogens (tertiary/aromatic N) is 5. The standard InChI is InChI=1S/C17H24N6O3S/c1-3-22(4-2)27(24,25)23-10-11-26-16(13-23)15-7-6-14(12-20-15)21-17-18-8-5-9-19-17/h5-9,12,16H,3-4,10-11,13H2,1-2H3,(H,18,19,21)/t16-/m0/s1. The summed E-state index contributed by atoms with van der Waals surface area (Å²) in [6.45, 7) is 5.50. The molecule has 0 unspecified atom stereocenters. The summed E-state index contributed by atoms with van der Waals surface area (Å²) in [6, 6.07) is 5.41. The van der Waals surface area contributed by atoms with Gasteiger partial charge in [0.25, 0.3) is 10.2 Å². The average molecular weight is 392 g/mol. The van der Waals surface area contributed by atoms with Crippen molar-refractivity contribution in [2.24, 2.45) is 0 Å². The van der Waals surface area contributed by atoms with Crippen LogP contribution in [0.15, 0.2) is 36.8 Å². The minimum absolute atomic E-state index is 0.250. The molecule has 0 bridgehead atoms. The average Bonchev–Trinajstić information content (AvgIpc) is 2.70. The van der Waals surface area contributed by atoms with Crippen molar-refractivity contribution < 1.29 is 13.2 Å². The summed E-state index contributed by atoms with van der Waals surface area (Å²) in [5.74, 6) is 0.484. The van der Waals surface area contributed by atoms with Crippen LogP contribution in [0.5, 0.6) is 0 Å². The van der Waals surface area contributed by atoms with Crippen LogP contribution in [-0.4, -0.2) is 64.8 Å². The molecule has 0 amide bonds. The Labute approximate surface area is 159 Å². The van der Waals surface area contributed by atoms with Gasteiger partial charge in [-0.3, -0.25) is 4.98 Å². The number of anilines is 2. The van der Waals surface area contributed by atoms with Crippen molar-refractivity contribution in [1.29, 1.82) is 0 Å². The molecule has 146 valence electrons. The van der Waals surface area contributed by atoms with Gasteiger partial charge in [-0.05, 0) is 18.2 Å². The third-order valence-electron chi connectivity index (χ3n) is 4.33. The van der Waals surface area contributed by atoms with Gasteiger partial charge in [-0.2, -0.15) is 17.0 Å². The molecule has 3 heterocycles. The van der Waals surface area contributed by atoms with Crippen LogP contribution in [0.25, 0.3) is 0 Å². The van der Waals surface area contributed by atoms with Crippen LogP contribution in [-0.2, 0) is 14.9 Å². The van der Waals surface area contributed by atoms with Crippen molar-refractivity contribution in [3.05, 3.63) is 42.5 Å². The monoisotopic (exact) mass is 392 g/mol. The Bertz CT molecular complexity index is 828. The van der Waals surface area contributed by atoms with E-state index in [9.17, 15) is 8.42 Å². The second-order valence-corrected chi connectivity index (χ2v) is 7.91. The smallest absolute Gasteiger partial charge is 0.282 e. The molecule has 1 aliphatic rings. The number of aromatic nitrogens is 3. The molecular formula is C17H24N6O3S. The molecule has 1 saturated heterocycles. The van der Waals surface area contributed by atoms with Gasteiger partial charge in [0, 0.05) is 38.6 Å². The second kappa shape index (κ2) is 8.70. The molecule has 27 heavy (non-hydrogen) atoms. The number of hydrogen-bond acceptors (Lipinski definition) is 7. The highest BCUT2D eigenvalue weighted by Crippen LogP contribution is 2.24. The number of morpholine rings is 1. The normalized spacial score (nSPS) is 18.6. The fourth-order valence-electron chi connectivity index (χ4n) is 2.89. The lowest BCUT2D eigenvalue weighted by molar-refractivity contribution is -0.00657. The first kappa shape index (κ1) is 19.6. The molecule has 0 radical (unpaired) electrons. The summed E-state index contributed by atoms with van der Waals surface area (Å²) in [7, 11) is -3.48. The third kappa shape index (κ3) is 4.59. The zero-order chi connectivity index (χ0) is 19.3. The molecule has 0 aromatic carbocycles. The Kier molecular flexibility index (Phi) is 6.32. The molecular weight excluding hydrogens is 368 g/mol. The van der Waals surface area contributed by atoms with Gasteiger partial charge in [0.2, 0.25) is 5.95 Å². The van der Waals surface area contributed by atoms with Crippen LogP contribution < -0.4 is 5.32 Å². The van der Waals surface area contributed by atoms with Gasteiger partial charge in [-0.1, -0.05) is 13.8 Å². The zero-order valence-electron chi connectivity index (χ0n) is 15.4. The number of pyridine rings is 1. The Morgan fingerprint density at radius 1 is 1.22 bits per heavy atom. The first-order valence-electron chi connectivity index (χ1n) is 8.91. The molecule has 9 nitrogen and oxygen atoms in total. The molecule has 10 heteroatoms. The Balaban J connectivity index is 1.69. The first-order chi connectivity index (χ1) is 13.0. The van der Waals surface area contributed by atoms with E-state index in [0.29, 0.717) is 37.9 Å². The highest BCUT2D eigenvalue weighted by Gasteiger charge is 2.33. The van der Waals surface area contributed by atoms with E-state index < -0.39 is 16.3 Å². The molecule has 1 atom stereocenters. The second-order valence-electron chi connectivity index (χ2n) is 5.98. The van der Waals surface area contributed by atoms with Gasteiger partial charge in [-0.25, -0.2) is 9.97 Å².